The van der Waals surface area contributed by atoms with Crippen LogP contribution in [-0.2, 0) is 0 Å². The highest BCUT2D eigenvalue weighted by Gasteiger charge is 2.28. The molecule has 0 unspecified atom stereocenters. The number of nitro groups is 2. The molecule has 0 bridgehead atoms. The molecule has 8 heteroatoms. The van der Waals surface area contributed by atoms with Crippen LogP contribution in [0.15, 0.2) is 12.1 Å². The molecule has 8 nitrogen and oxygen atoms in total. The van der Waals surface area contributed by atoms with Gasteiger partial charge in [0.05, 0.1) is 15.9 Å². The van der Waals surface area contributed by atoms with Crippen molar-refractivity contribution in [3.05, 3.63) is 37.9 Å². The van der Waals surface area contributed by atoms with Gasteiger partial charge in [0.25, 0.3) is 11.4 Å². The Hall–Kier alpha value is -2.22. The van der Waals surface area contributed by atoms with Crippen LogP contribution in [0.1, 0.15) is 12.5 Å². The van der Waals surface area contributed by atoms with E-state index in [-0.39, 0.29) is 11.4 Å². The minimum atomic E-state index is -0.598. The van der Waals surface area contributed by atoms with Gasteiger partial charge in [-0.2, -0.15) is 0 Å². The molecular formula is C13H18N4O4. The van der Waals surface area contributed by atoms with Crippen LogP contribution in [-0.4, -0.2) is 47.5 Å². The Morgan fingerprint density at radius 3 is 2.19 bits per heavy atom. The molecule has 1 aromatic carbocycles. The fourth-order valence-corrected chi connectivity index (χ4v) is 2.69. The van der Waals surface area contributed by atoms with E-state index < -0.39 is 9.85 Å². The fourth-order valence-electron chi connectivity index (χ4n) is 2.69. The predicted octanol–water partition coefficient (Wildman–Crippen LogP) is 1.95. The first-order chi connectivity index (χ1) is 9.93. The molecule has 1 aliphatic rings. The molecule has 0 spiro atoms. The predicted molar refractivity (Wildman–Crippen MR) is 78.8 cm³/mol. The van der Waals surface area contributed by atoms with E-state index in [1.165, 1.54) is 6.07 Å². The van der Waals surface area contributed by atoms with E-state index in [9.17, 15) is 20.2 Å². The number of anilines is 1. The molecule has 1 saturated heterocycles. The van der Waals surface area contributed by atoms with Crippen LogP contribution in [0.3, 0.4) is 0 Å². The third kappa shape index (κ3) is 3.10. The Balaban J connectivity index is 2.39. The summed E-state index contributed by atoms with van der Waals surface area (Å²) < 4.78 is 0. The summed E-state index contributed by atoms with van der Waals surface area (Å²) in [4.78, 5) is 25.2. The monoisotopic (exact) mass is 294 g/mol. The van der Waals surface area contributed by atoms with Crippen LogP contribution >= 0.6 is 0 Å². The molecule has 1 fully saturated rings. The summed E-state index contributed by atoms with van der Waals surface area (Å²) in [6.07, 6.45) is 0. The van der Waals surface area contributed by atoms with Crippen molar-refractivity contribution in [3.8, 4) is 0 Å². The van der Waals surface area contributed by atoms with Crippen molar-refractivity contribution < 1.29 is 9.85 Å². The maximum absolute atomic E-state index is 11.3. The number of piperazine rings is 1. The second kappa shape index (κ2) is 6.04. The summed E-state index contributed by atoms with van der Waals surface area (Å²) >= 11 is 0. The molecule has 0 aliphatic carbocycles. The van der Waals surface area contributed by atoms with Gasteiger partial charge in [-0.25, -0.2) is 0 Å². The largest absolute Gasteiger partial charge is 0.363 e. The minimum Gasteiger partial charge on any atom is -0.363 e. The second-order valence-electron chi connectivity index (χ2n) is 5.07. The van der Waals surface area contributed by atoms with E-state index in [0.717, 1.165) is 25.7 Å². The van der Waals surface area contributed by atoms with Gasteiger partial charge in [0.1, 0.15) is 5.69 Å². The number of benzene rings is 1. The van der Waals surface area contributed by atoms with Crippen molar-refractivity contribution in [2.24, 2.45) is 0 Å². The van der Waals surface area contributed by atoms with Gasteiger partial charge in [-0.15, -0.1) is 0 Å². The SMILES string of the molecule is CCN1CCN(c2c(C)cc([N+](=O)[O-])cc2[N+](=O)[O-])CC1. The number of likely N-dealkylation sites (N-methyl/N-ethyl adjacent to an activating group) is 1. The summed E-state index contributed by atoms with van der Waals surface area (Å²) in [6, 6.07) is 2.45. The molecule has 21 heavy (non-hydrogen) atoms. The lowest BCUT2D eigenvalue weighted by atomic mass is 10.1. The number of hydrogen-bond donors (Lipinski definition) is 0. The second-order valence-corrected chi connectivity index (χ2v) is 5.07. The third-order valence-electron chi connectivity index (χ3n) is 3.81. The van der Waals surface area contributed by atoms with Crippen LogP contribution in [0.4, 0.5) is 17.1 Å². The van der Waals surface area contributed by atoms with Gasteiger partial charge in [-0.1, -0.05) is 6.92 Å². The maximum Gasteiger partial charge on any atom is 0.299 e. The fraction of sp³-hybridized carbons (Fsp3) is 0.538. The molecule has 2 rings (SSSR count). The molecule has 1 aromatic rings. The standard InChI is InChI=1S/C13H18N4O4/c1-3-14-4-6-15(7-5-14)13-10(2)8-11(16(18)19)9-12(13)17(20)21/h8-9H,3-7H2,1-2H3. The van der Waals surface area contributed by atoms with E-state index in [2.05, 4.69) is 11.8 Å². The van der Waals surface area contributed by atoms with Gasteiger partial charge in [-0.3, -0.25) is 20.2 Å². The van der Waals surface area contributed by atoms with Crippen molar-refractivity contribution in [2.75, 3.05) is 37.6 Å². The van der Waals surface area contributed by atoms with Crippen molar-refractivity contribution in [2.45, 2.75) is 13.8 Å². The van der Waals surface area contributed by atoms with Gasteiger partial charge >= 0.3 is 0 Å². The lowest BCUT2D eigenvalue weighted by Crippen LogP contribution is -2.46. The first-order valence-corrected chi connectivity index (χ1v) is 6.84. The molecule has 1 aliphatic heterocycles. The summed E-state index contributed by atoms with van der Waals surface area (Å²) in [6.45, 7) is 7.76. The molecule has 0 N–H and O–H groups in total. The minimum absolute atomic E-state index is 0.188. The molecule has 0 aromatic heterocycles. The van der Waals surface area contributed by atoms with Crippen LogP contribution in [0.5, 0.6) is 0 Å². The lowest BCUT2D eigenvalue weighted by molar-refractivity contribution is -0.393. The average Bonchev–Trinajstić information content (AvgIpc) is 2.46. The average molecular weight is 294 g/mol. The van der Waals surface area contributed by atoms with Gasteiger partial charge in [0.2, 0.25) is 0 Å². The van der Waals surface area contributed by atoms with E-state index in [4.69, 9.17) is 0 Å². The number of nitro benzene ring substituents is 2. The van der Waals surface area contributed by atoms with Crippen LogP contribution in [0, 0.1) is 27.2 Å². The Morgan fingerprint density at radius 1 is 1.10 bits per heavy atom. The smallest absolute Gasteiger partial charge is 0.299 e. The zero-order valence-electron chi connectivity index (χ0n) is 12.1. The molecule has 0 atom stereocenters. The number of hydrogen-bond acceptors (Lipinski definition) is 6. The van der Waals surface area contributed by atoms with Gasteiger partial charge in [-0.05, 0) is 19.0 Å². The Kier molecular flexibility index (Phi) is 4.37. The Labute approximate surface area is 122 Å². The quantitative estimate of drug-likeness (QED) is 0.622. The summed E-state index contributed by atoms with van der Waals surface area (Å²) in [5, 5.41) is 22.1. The third-order valence-corrected chi connectivity index (χ3v) is 3.81. The van der Waals surface area contributed by atoms with Crippen LogP contribution in [0.25, 0.3) is 0 Å². The molecule has 0 saturated carbocycles. The van der Waals surface area contributed by atoms with E-state index in [0.29, 0.717) is 24.3 Å². The lowest BCUT2D eigenvalue weighted by Gasteiger charge is -2.35. The van der Waals surface area contributed by atoms with Crippen LogP contribution < -0.4 is 4.90 Å². The maximum atomic E-state index is 11.3. The van der Waals surface area contributed by atoms with Crippen molar-refractivity contribution >= 4 is 17.1 Å². The molecule has 0 radical (unpaired) electrons. The number of non-ortho nitro benzene ring substituents is 1. The highest BCUT2D eigenvalue weighted by Crippen LogP contribution is 2.36. The van der Waals surface area contributed by atoms with Gasteiger partial charge < -0.3 is 9.80 Å². The molecular weight excluding hydrogens is 276 g/mol. The molecule has 114 valence electrons. The van der Waals surface area contributed by atoms with Gasteiger partial charge in [0.15, 0.2) is 0 Å². The molecule has 1 heterocycles. The van der Waals surface area contributed by atoms with Crippen molar-refractivity contribution in [1.82, 2.24) is 4.90 Å². The normalized spacial score (nSPS) is 16.0. The van der Waals surface area contributed by atoms with Gasteiger partial charge in [0, 0.05) is 32.2 Å². The van der Waals surface area contributed by atoms with Crippen molar-refractivity contribution in [3.63, 3.8) is 0 Å². The zero-order valence-corrected chi connectivity index (χ0v) is 12.1. The Morgan fingerprint density at radius 2 is 1.71 bits per heavy atom. The summed E-state index contributed by atoms with van der Waals surface area (Å²) in [5.41, 5.74) is 0.643. The number of rotatable bonds is 4. The van der Waals surface area contributed by atoms with E-state index in [1.54, 1.807) is 6.92 Å². The van der Waals surface area contributed by atoms with E-state index in [1.807, 2.05) is 4.90 Å². The number of aryl methyl sites for hydroxylation is 1. The molecule has 0 amide bonds. The summed E-state index contributed by atoms with van der Waals surface area (Å²) in [7, 11) is 0. The highest BCUT2D eigenvalue weighted by molar-refractivity contribution is 5.71. The van der Waals surface area contributed by atoms with Crippen LogP contribution in [0.2, 0.25) is 0 Å². The van der Waals surface area contributed by atoms with E-state index >= 15 is 0 Å². The van der Waals surface area contributed by atoms with Crippen molar-refractivity contribution in [1.29, 1.82) is 0 Å². The topological polar surface area (TPSA) is 92.8 Å². The first-order valence-electron chi connectivity index (χ1n) is 6.84. The number of nitrogens with zero attached hydrogens (tertiary/aromatic N) is 4. The Bertz CT molecular complexity index is 568. The highest BCUT2D eigenvalue weighted by atomic mass is 16.6. The first kappa shape index (κ1) is 15.2. The zero-order chi connectivity index (χ0) is 15.6. The summed E-state index contributed by atoms with van der Waals surface area (Å²) in [5.74, 6) is 0.